The summed E-state index contributed by atoms with van der Waals surface area (Å²) in [4.78, 5) is 0. The highest BCUT2D eigenvalue weighted by molar-refractivity contribution is 14.1. The Balaban J connectivity index is 1.63. The molecule has 30 heavy (non-hydrogen) atoms. The summed E-state index contributed by atoms with van der Waals surface area (Å²) in [5, 5.41) is 3.11. The van der Waals surface area contributed by atoms with Crippen molar-refractivity contribution in [1.82, 2.24) is 0 Å². The van der Waals surface area contributed by atoms with Crippen molar-refractivity contribution < 1.29 is 14.2 Å². The maximum absolute atomic E-state index is 5.68. The lowest BCUT2D eigenvalue weighted by atomic mass is 10.2. The molecule has 0 aliphatic rings. The van der Waals surface area contributed by atoms with E-state index in [4.69, 9.17) is 14.2 Å². The van der Waals surface area contributed by atoms with Crippen LogP contribution in [0.1, 0.15) is 11.1 Å². The van der Waals surface area contributed by atoms with E-state index >= 15 is 0 Å². The van der Waals surface area contributed by atoms with Crippen molar-refractivity contribution in [2.24, 2.45) is 0 Å². The molecular weight excluding hydrogens is 487 g/mol. The van der Waals surface area contributed by atoms with Gasteiger partial charge in [0.2, 0.25) is 0 Å². The lowest BCUT2D eigenvalue weighted by Gasteiger charge is -2.07. The Morgan fingerprint density at radius 2 is 1.23 bits per heavy atom. The number of halogens is 1. The Hall–Kier alpha value is -2.09. The molecule has 0 heterocycles. The number of alkyl halides is 1. The number of benzene rings is 2. The van der Waals surface area contributed by atoms with E-state index in [0.29, 0.717) is 26.4 Å². The van der Waals surface area contributed by atoms with Crippen molar-refractivity contribution >= 4 is 40.4 Å². The van der Waals surface area contributed by atoms with E-state index in [0.717, 1.165) is 28.0 Å². The second-order valence-corrected chi connectivity index (χ2v) is 7.39. The molecule has 0 aliphatic heterocycles. The van der Waals surface area contributed by atoms with Gasteiger partial charge in [0.1, 0.15) is 12.4 Å². The van der Waals surface area contributed by atoms with Crippen molar-refractivity contribution in [2.45, 2.75) is 0 Å². The largest absolute Gasteiger partial charge is 0.491 e. The fourth-order valence-corrected chi connectivity index (χ4v) is 2.80. The second kappa shape index (κ2) is 15.7. The van der Waals surface area contributed by atoms with Gasteiger partial charge in [-0.15, -0.1) is 0 Å². The molecule has 0 unspecified atom stereocenters. The molecule has 0 saturated heterocycles. The van der Waals surface area contributed by atoms with E-state index in [1.165, 1.54) is 5.56 Å². The van der Waals surface area contributed by atoms with E-state index in [1.807, 2.05) is 55.6 Å². The average Bonchev–Trinajstić information content (AvgIpc) is 2.79. The average molecular weight is 517 g/mol. The molecule has 0 spiro atoms. The monoisotopic (exact) mass is 517 g/mol. The molecule has 160 valence electrons. The maximum Gasteiger partial charge on any atom is 0.119 e. The van der Waals surface area contributed by atoms with Gasteiger partial charge in [-0.05, 0) is 35.4 Å². The van der Waals surface area contributed by atoms with E-state index < -0.39 is 0 Å². The predicted octanol–water partition coefficient (Wildman–Crippen LogP) is 5.86. The van der Waals surface area contributed by atoms with Crippen LogP contribution >= 0.6 is 22.6 Å². The molecule has 0 bridgehead atoms. The summed E-state index contributed by atoms with van der Waals surface area (Å²) < 4.78 is 17.5. The van der Waals surface area contributed by atoms with E-state index in [-0.39, 0.29) is 0 Å². The first-order chi connectivity index (χ1) is 14.8. The molecule has 4 nitrogen and oxygen atoms in total. The number of allylic oxidation sites excluding steroid dienone is 4. The lowest BCUT2D eigenvalue weighted by Crippen LogP contribution is -2.11. The van der Waals surface area contributed by atoms with Crippen molar-refractivity contribution in [2.75, 3.05) is 49.8 Å². The smallest absolute Gasteiger partial charge is 0.119 e. The molecule has 0 amide bonds. The topological polar surface area (TPSA) is 39.7 Å². The first kappa shape index (κ1) is 24.2. The van der Waals surface area contributed by atoms with E-state index in [9.17, 15) is 0 Å². The number of hydrogen-bond donors (Lipinski definition) is 1. The van der Waals surface area contributed by atoms with Gasteiger partial charge in [0.05, 0.1) is 26.4 Å². The molecule has 2 aromatic carbocycles. The summed E-state index contributed by atoms with van der Waals surface area (Å²) in [6.45, 7) is 3.12. The number of anilines is 1. The summed E-state index contributed by atoms with van der Waals surface area (Å²) >= 11 is 2.29. The van der Waals surface area contributed by atoms with Crippen LogP contribution in [0.2, 0.25) is 0 Å². The Morgan fingerprint density at radius 1 is 0.700 bits per heavy atom. The number of ether oxygens (including phenoxy) is 3. The van der Waals surface area contributed by atoms with E-state index in [1.54, 1.807) is 0 Å². The molecule has 0 aromatic heterocycles. The number of hydrogen-bond acceptors (Lipinski definition) is 4. The molecule has 0 fully saturated rings. The van der Waals surface area contributed by atoms with Crippen LogP contribution in [0.15, 0.2) is 72.8 Å². The fraction of sp³-hybridized carbons (Fsp3) is 0.280. The van der Waals surface area contributed by atoms with Gasteiger partial charge in [0.25, 0.3) is 0 Å². The van der Waals surface area contributed by atoms with Crippen LogP contribution in [-0.4, -0.2) is 44.5 Å². The van der Waals surface area contributed by atoms with Crippen LogP contribution in [0, 0.1) is 0 Å². The van der Waals surface area contributed by atoms with Crippen molar-refractivity contribution in [3.05, 3.63) is 84.0 Å². The Bertz CT molecular complexity index is 783. The van der Waals surface area contributed by atoms with Crippen molar-refractivity contribution in [3.8, 4) is 5.75 Å². The van der Waals surface area contributed by atoms with Gasteiger partial charge in [-0.3, -0.25) is 0 Å². The zero-order valence-electron chi connectivity index (χ0n) is 17.4. The summed E-state index contributed by atoms with van der Waals surface area (Å²) in [6, 6.07) is 16.3. The molecule has 0 aliphatic carbocycles. The molecule has 1 N–H and O–H groups in total. The normalized spacial score (nSPS) is 11.7. The summed E-state index contributed by atoms with van der Waals surface area (Å²) in [5.74, 6) is 0.847. The summed E-state index contributed by atoms with van der Waals surface area (Å²) in [7, 11) is 1.92. The minimum atomic E-state index is 0.536. The van der Waals surface area contributed by atoms with Gasteiger partial charge in [-0.2, -0.15) is 0 Å². The zero-order valence-corrected chi connectivity index (χ0v) is 19.6. The Morgan fingerprint density at radius 3 is 1.80 bits per heavy atom. The van der Waals surface area contributed by atoms with Gasteiger partial charge in [0.15, 0.2) is 0 Å². The van der Waals surface area contributed by atoms with Crippen LogP contribution in [0.25, 0.3) is 12.2 Å². The van der Waals surface area contributed by atoms with Gasteiger partial charge in [-0.25, -0.2) is 0 Å². The molecule has 5 heteroatoms. The summed E-state index contributed by atoms with van der Waals surface area (Å²) in [5.41, 5.74) is 3.42. The molecule has 2 aromatic rings. The van der Waals surface area contributed by atoms with Crippen LogP contribution in [0.4, 0.5) is 5.69 Å². The minimum Gasteiger partial charge on any atom is -0.491 e. The van der Waals surface area contributed by atoms with Gasteiger partial charge >= 0.3 is 0 Å². The van der Waals surface area contributed by atoms with Gasteiger partial charge < -0.3 is 19.5 Å². The zero-order chi connectivity index (χ0) is 21.3. The Kier molecular flexibility index (Phi) is 12.7. The first-order valence-electron chi connectivity index (χ1n) is 10.1. The van der Waals surface area contributed by atoms with Gasteiger partial charge in [-0.1, -0.05) is 83.3 Å². The minimum absolute atomic E-state index is 0.536. The maximum atomic E-state index is 5.68. The van der Waals surface area contributed by atoms with Crippen molar-refractivity contribution in [3.63, 3.8) is 0 Å². The fourth-order valence-electron chi connectivity index (χ4n) is 2.49. The second-order valence-electron chi connectivity index (χ2n) is 6.31. The third-order valence-electron chi connectivity index (χ3n) is 4.08. The van der Waals surface area contributed by atoms with E-state index in [2.05, 4.69) is 64.3 Å². The van der Waals surface area contributed by atoms with Crippen LogP contribution in [-0.2, 0) is 9.47 Å². The third-order valence-corrected chi connectivity index (χ3v) is 4.52. The van der Waals surface area contributed by atoms with Crippen LogP contribution < -0.4 is 10.1 Å². The number of rotatable bonds is 14. The quantitative estimate of drug-likeness (QED) is 0.148. The standard InChI is InChI=1S/C25H30INO3/c1-27-24-12-8-22(9-13-24)6-4-2-3-5-7-23-10-14-25(15-11-23)30-21-20-29-19-18-28-17-16-26/h2-15,27H,16-21H2,1H3/b3-2+,6-4+,7-5+/i26-2. The van der Waals surface area contributed by atoms with Crippen LogP contribution in [0.5, 0.6) is 5.75 Å². The van der Waals surface area contributed by atoms with Crippen LogP contribution in [0.3, 0.4) is 0 Å². The van der Waals surface area contributed by atoms with Gasteiger partial charge in [0, 0.05) is 17.2 Å². The third kappa shape index (κ3) is 10.6. The highest BCUT2D eigenvalue weighted by Crippen LogP contribution is 2.13. The molecule has 2 rings (SSSR count). The van der Waals surface area contributed by atoms with Crippen molar-refractivity contribution in [1.29, 1.82) is 0 Å². The first-order valence-corrected chi connectivity index (χ1v) is 11.6. The molecular formula is C25H30INO3. The molecule has 0 saturated carbocycles. The summed E-state index contributed by atoms with van der Waals surface area (Å²) in [6.07, 6.45) is 12.2. The number of nitrogens with one attached hydrogen (secondary N) is 1. The SMILES string of the molecule is CNc1ccc(/C=C/C=C/C=C/c2ccc(OCCOCCOCC[125I])cc2)cc1. The molecule has 0 atom stereocenters. The predicted molar refractivity (Wildman–Crippen MR) is 136 cm³/mol. The Labute approximate surface area is 193 Å². The highest BCUT2D eigenvalue weighted by atomic mass is 125. The lowest BCUT2D eigenvalue weighted by molar-refractivity contribution is 0.0417. The molecule has 0 radical (unpaired) electrons. The highest BCUT2D eigenvalue weighted by Gasteiger charge is 1.95.